The van der Waals surface area contributed by atoms with E-state index in [9.17, 15) is 4.79 Å². The van der Waals surface area contributed by atoms with Crippen molar-refractivity contribution in [1.29, 1.82) is 0 Å². The molecule has 1 saturated carbocycles. The van der Waals surface area contributed by atoms with E-state index in [0.29, 0.717) is 18.4 Å². The third-order valence-electron chi connectivity index (χ3n) is 5.70. The molecule has 4 heteroatoms. The zero-order valence-electron chi connectivity index (χ0n) is 15.4. The van der Waals surface area contributed by atoms with Gasteiger partial charge >= 0.3 is 5.97 Å². The van der Waals surface area contributed by atoms with Crippen LogP contribution in [0.25, 0.3) is 0 Å². The standard InChI is InChI=1S/C18H36O3Si/c1-14(21-22(5,6)18(2,3)4)13-16-9-7-15(8-10-16)11-12-17(19)20/h14-16H,7-13H2,1-6H3,(H,19,20). The van der Waals surface area contributed by atoms with Gasteiger partial charge in [-0.15, -0.1) is 0 Å². The van der Waals surface area contributed by atoms with Gasteiger partial charge < -0.3 is 9.53 Å². The van der Waals surface area contributed by atoms with Crippen molar-refractivity contribution in [3.05, 3.63) is 0 Å². The maximum absolute atomic E-state index is 10.7. The van der Waals surface area contributed by atoms with Crippen molar-refractivity contribution in [3.63, 3.8) is 0 Å². The number of carboxylic acids is 1. The minimum Gasteiger partial charge on any atom is -0.481 e. The molecule has 0 aromatic rings. The number of carbonyl (C=O) groups is 1. The summed E-state index contributed by atoms with van der Waals surface area (Å²) in [6.07, 6.45) is 7.60. The van der Waals surface area contributed by atoms with Gasteiger partial charge in [-0.3, -0.25) is 4.79 Å². The summed E-state index contributed by atoms with van der Waals surface area (Å²) in [6, 6.07) is 0. The molecule has 0 aromatic heterocycles. The molecule has 0 spiro atoms. The molecule has 1 N–H and O–H groups in total. The van der Waals surface area contributed by atoms with Crippen LogP contribution < -0.4 is 0 Å². The molecule has 0 bridgehead atoms. The first-order valence-corrected chi connectivity index (χ1v) is 11.8. The summed E-state index contributed by atoms with van der Waals surface area (Å²) in [5.74, 6) is 0.739. The second-order valence-electron chi connectivity index (χ2n) is 8.74. The van der Waals surface area contributed by atoms with Crippen LogP contribution in [0, 0.1) is 11.8 Å². The fourth-order valence-electron chi connectivity index (χ4n) is 3.28. The van der Waals surface area contributed by atoms with Crippen molar-refractivity contribution in [2.45, 2.75) is 96.9 Å². The summed E-state index contributed by atoms with van der Waals surface area (Å²) < 4.78 is 6.47. The van der Waals surface area contributed by atoms with Gasteiger partial charge in [0.1, 0.15) is 0 Å². The predicted octanol–water partition coefficient (Wildman–Crippen LogP) is 5.46. The van der Waals surface area contributed by atoms with Crippen LogP contribution in [0.5, 0.6) is 0 Å². The van der Waals surface area contributed by atoms with Crippen molar-refractivity contribution >= 4 is 14.3 Å². The largest absolute Gasteiger partial charge is 0.481 e. The van der Waals surface area contributed by atoms with Gasteiger partial charge in [0.2, 0.25) is 0 Å². The Morgan fingerprint density at radius 3 is 2.14 bits per heavy atom. The average molecular weight is 329 g/mol. The van der Waals surface area contributed by atoms with Crippen LogP contribution in [0.2, 0.25) is 18.1 Å². The third-order valence-corrected chi connectivity index (χ3v) is 10.3. The van der Waals surface area contributed by atoms with E-state index in [0.717, 1.165) is 18.8 Å². The van der Waals surface area contributed by atoms with Gasteiger partial charge in [0, 0.05) is 12.5 Å². The van der Waals surface area contributed by atoms with E-state index < -0.39 is 14.3 Å². The molecule has 0 amide bonds. The van der Waals surface area contributed by atoms with Crippen LogP contribution in [0.3, 0.4) is 0 Å². The van der Waals surface area contributed by atoms with Crippen molar-refractivity contribution < 1.29 is 14.3 Å². The van der Waals surface area contributed by atoms with E-state index in [4.69, 9.17) is 9.53 Å². The summed E-state index contributed by atoms with van der Waals surface area (Å²) >= 11 is 0. The molecular weight excluding hydrogens is 292 g/mol. The Balaban J connectivity index is 2.33. The molecule has 0 aliphatic heterocycles. The maximum atomic E-state index is 10.7. The molecule has 22 heavy (non-hydrogen) atoms. The smallest absolute Gasteiger partial charge is 0.303 e. The summed E-state index contributed by atoms with van der Waals surface area (Å²) in [6.45, 7) is 13.8. The van der Waals surface area contributed by atoms with Gasteiger partial charge in [-0.05, 0) is 49.7 Å². The second kappa shape index (κ2) is 7.96. The Hall–Kier alpha value is -0.353. The van der Waals surface area contributed by atoms with E-state index in [1.54, 1.807) is 0 Å². The van der Waals surface area contributed by atoms with Crippen LogP contribution in [0.4, 0.5) is 0 Å². The first kappa shape index (κ1) is 19.7. The molecule has 0 aromatic carbocycles. The van der Waals surface area contributed by atoms with Gasteiger partial charge in [-0.25, -0.2) is 0 Å². The van der Waals surface area contributed by atoms with Gasteiger partial charge in [0.05, 0.1) is 0 Å². The van der Waals surface area contributed by atoms with E-state index in [1.165, 1.54) is 25.7 Å². The highest BCUT2D eigenvalue weighted by Gasteiger charge is 2.38. The lowest BCUT2D eigenvalue weighted by Crippen LogP contribution is -2.43. The monoisotopic (exact) mass is 328 g/mol. The highest BCUT2D eigenvalue weighted by atomic mass is 28.4. The van der Waals surface area contributed by atoms with Crippen molar-refractivity contribution in [1.82, 2.24) is 0 Å². The first-order valence-electron chi connectivity index (χ1n) is 8.91. The molecule has 1 aliphatic rings. The fraction of sp³-hybridized carbons (Fsp3) is 0.944. The third kappa shape index (κ3) is 6.41. The zero-order valence-corrected chi connectivity index (χ0v) is 16.4. The van der Waals surface area contributed by atoms with Crippen molar-refractivity contribution in [2.75, 3.05) is 0 Å². The zero-order chi connectivity index (χ0) is 17.0. The molecular formula is C18H36O3Si. The molecule has 1 fully saturated rings. The highest BCUT2D eigenvalue weighted by Crippen LogP contribution is 2.39. The van der Waals surface area contributed by atoms with Crippen molar-refractivity contribution in [3.8, 4) is 0 Å². The van der Waals surface area contributed by atoms with Crippen LogP contribution in [-0.4, -0.2) is 25.5 Å². The minimum atomic E-state index is -1.66. The number of rotatable bonds is 7. The van der Waals surface area contributed by atoms with E-state index in [-0.39, 0.29) is 5.04 Å². The molecule has 1 rings (SSSR count). The fourth-order valence-corrected chi connectivity index (χ4v) is 4.74. The Bertz CT molecular complexity index is 352. The Morgan fingerprint density at radius 2 is 1.68 bits per heavy atom. The van der Waals surface area contributed by atoms with Gasteiger partial charge in [-0.2, -0.15) is 0 Å². The average Bonchev–Trinajstić information content (AvgIpc) is 2.35. The van der Waals surface area contributed by atoms with E-state index in [1.807, 2.05) is 0 Å². The molecule has 3 nitrogen and oxygen atoms in total. The second-order valence-corrected chi connectivity index (χ2v) is 13.5. The maximum Gasteiger partial charge on any atom is 0.303 e. The number of hydrogen-bond acceptors (Lipinski definition) is 2. The van der Waals surface area contributed by atoms with Crippen LogP contribution in [0.1, 0.15) is 72.6 Å². The lowest BCUT2D eigenvalue weighted by molar-refractivity contribution is -0.137. The quantitative estimate of drug-likeness (QED) is 0.631. The lowest BCUT2D eigenvalue weighted by atomic mass is 9.78. The van der Waals surface area contributed by atoms with Gasteiger partial charge in [0.15, 0.2) is 8.32 Å². The summed E-state index contributed by atoms with van der Waals surface area (Å²) in [7, 11) is -1.66. The molecule has 1 aliphatic carbocycles. The topological polar surface area (TPSA) is 46.5 Å². The summed E-state index contributed by atoms with van der Waals surface area (Å²) in [5.41, 5.74) is 0. The molecule has 1 unspecified atom stereocenters. The van der Waals surface area contributed by atoms with Gasteiger partial charge in [0.25, 0.3) is 0 Å². The van der Waals surface area contributed by atoms with Crippen LogP contribution in [-0.2, 0) is 9.22 Å². The molecule has 130 valence electrons. The minimum absolute atomic E-state index is 0.274. The normalized spacial score (nSPS) is 25.0. The summed E-state index contributed by atoms with van der Waals surface area (Å²) in [5, 5.41) is 9.05. The van der Waals surface area contributed by atoms with Crippen molar-refractivity contribution in [2.24, 2.45) is 11.8 Å². The lowest BCUT2D eigenvalue weighted by Gasteiger charge is -2.39. The molecule has 0 radical (unpaired) electrons. The SMILES string of the molecule is CC(CC1CCC(CCC(=O)O)CC1)O[Si](C)(C)C(C)(C)C. The Kier molecular flexibility index (Phi) is 7.12. The first-order chi connectivity index (χ1) is 10.0. The van der Waals surface area contributed by atoms with Gasteiger partial charge in [-0.1, -0.05) is 46.5 Å². The Labute approximate surface area is 138 Å². The highest BCUT2D eigenvalue weighted by molar-refractivity contribution is 6.74. The molecule has 0 saturated heterocycles. The number of carboxylic acid groups (broad SMARTS) is 1. The van der Waals surface area contributed by atoms with E-state index >= 15 is 0 Å². The number of hydrogen-bond donors (Lipinski definition) is 1. The number of aliphatic carboxylic acids is 1. The molecule has 0 heterocycles. The van der Waals surface area contributed by atoms with Crippen LogP contribution >= 0.6 is 0 Å². The molecule has 1 atom stereocenters. The predicted molar refractivity (Wildman–Crippen MR) is 94.7 cm³/mol. The van der Waals surface area contributed by atoms with E-state index in [2.05, 4.69) is 40.8 Å². The summed E-state index contributed by atoms with van der Waals surface area (Å²) in [4.78, 5) is 10.7. The van der Waals surface area contributed by atoms with Crippen LogP contribution in [0.15, 0.2) is 0 Å². The Morgan fingerprint density at radius 1 is 1.18 bits per heavy atom.